The Kier molecular flexibility index (Phi) is 6.20. The van der Waals surface area contributed by atoms with Gasteiger partial charge in [0.05, 0.1) is 4.90 Å². The van der Waals surface area contributed by atoms with Gasteiger partial charge in [-0.2, -0.15) is 10.1 Å². The third kappa shape index (κ3) is 5.83. The smallest absolute Gasteiger partial charge is 0.258 e. The molecular weight excluding hydrogens is 396 g/mol. The minimum atomic E-state index is -3.71. The van der Waals surface area contributed by atoms with Crippen molar-refractivity contribution >= 4 is 15.9 Å². The van der Waals surface area contributed by atoms with Crippen molar-refractivity contribution in [3.05, 3.63) is 60.2 Å². The third-order valence-electron chi connectivity index (χ3n) is 3.88. The van der Waals surface area contributed by atoms with E-state index in [1.54, 1.807) is 48.3 Å². The first-order chi connectivity index (χ1) is 13.8. The van der Waals surface area contributed by atoms with E-state index in [0.29, 0.717) is 24.6 Å². The lowest BCUT2D eigenvalue weighted by Crippen LogP contribution is -2.30. The van der Waals surface area contributed by atoms with Crippen LogP contribution in [0.2, 0.25) is 0 Å². The fourth-order valence-electron chi connectivity index (χ4n) is 2.50. The van der Waals surface area contributed by atoms with Crippen LogP contribution in [0.1, 0.15) is 11.4 Å². The predicted molar refractivity (Wildman–Crippen MR) is 104 cm³/mol. The number of hydrogen-bond acceptors (Lipinski definition) is 7. The molecule has 0 spiro atoms. The van der Waals surface area contributed by atoms with Crippen LogP contribution in [0.3, 0.4) is 0 Å². The van der Waals surface area contributed by atoms with E-state index in [-0.39, 0.29) is 23.3 Å². The van der Waals surface area contributed by atoms with Gasteiger partial charge < -0.3 is 10.1 Å². The zero-order valence-electron chi connectivity index (χ0n) is 15.6. The molecule has 2 heterocycles. The lowest BCUT2D eigenvalue weighted by atomic mass is 10.1. The summed E-state index contributed by atoms with van der Waals surface area (Å²) in [5, 5.41) is 11.9. The molecule has 0 fully saturated rings. The van der Waals surface area contributed by atoms with Gasteiger partial charge in [-0.15, -0.1) is 0 Å². The van der Waals surface area contributed by atoms with Gasteiger partial charge in [-0.25, -0.2) is 23.2 Å². The van der Waals surface area contributed by atoms with Crippen molar-refractivity contribution in [2.24, 2.45) is 5.14 Å². The van der Waals surface area contributed by atoms with Crippen LogP contribution < -0.4 is 15.2 Å². The first-order valence-electron chi connectivity index (χ1n) is 8.68. The van der Waals surface area contributed by atoms with Crippen LogP contribution in [0, 0.1) is 6.92 Å². The Morgan fingerprint density at radius 3 is 2.66 bits per heavy atom. The monoisotopic (exact) mass is 416 g/mol. The number of carbonyl (C=O) groups is 1. The maximum atomic E-state index is 12.0. The summed E-state index contributed by atoms with van der Waals surface area (Å²) in [6, 6.07) is 9.55. The number of sulfonamides is 1. The van der Waals surface area contributed by atoms with Crippen molar-refractivity contribution in [2.75, 3.05) is 13.2 Å². The Morgan fingerprint density at radius 1 is 1.24 bits per heavy atom. The van der Waals surface area contributed by atoms with Gasteiger partial charge in [0.15, 0.2) is 12.4 Å². The number of nitrogens with two attached hydrogens (primary N) is 1. The van der Waals surface area contributed by atoms with Gasteiger partial charge in [0, 0.05) is 25.0 Å². The number of carbonyl (C=O) groups excluding carboxylic acids is 1. The van der Waals surface area contributed by atoms with Crippen molar-refractivity contribution in [3.63, 3.8) is 0 Å². The molecule has 0 unspecified atom stereocenters. The van der Waals surface area contributed by atoms with Crippen molar-refractivity contribution in [1.29, 1.82) is 0 Å². The standard InChI is InChI=1S/C18H20N6O4S/c1-13-22-16(24-10-2-8-21-24)11-18(23-13)28-12-17(25)20-9-7-14-3-5-15(6-4-14)29(19,26)27/h2-6,8,10-11H,7,9,12H2,1H3,(H,20,25)(H2,19,26,27). The van der Waals surface area contributed by atoms with E-state index in [1.165, 1.54) is 12.1 Å². The highest BCUT2D eigenvalue weighted by molar-refractivity contribution is 7.89. The molecule has 1 aromatic carbocycles. The molecule has 10 nitrogen and oxygen atoms in total. The highest BCUT2D eigenvalue weighted by Crippen LogP contribution is 2.12. The van der Waals surface area contributed by atoms with Crippen LogP contribution >= 0.6 is 0 Å². The van der Waals surface area contributed by atoms with Gasteiger partial charge in [-0.05, 0) is 37.1 Å². The van der Waals surface area contributed by atoms with Crippen LogP contribution in [-0.4, -0.2) is 47.2 Å². The molecule has 3 rings (SSSR count). The third-order valence-corrected chi connectivity index (χ3v) is 4.81. The molecule has 3 aromatic rings. The van der Waals surface area contributed by atoms with Crippen molar-refractivity contribution in [2.45, 2.75) is 18.2 Å². The molecule has 3 N–H and O–H groups in total. The first kappa shape index (κ1) is 20.4. The molecule has 0 saturated heterocycles. The minimum Gasteiger partial charge on any atom is -0.467 e. The topological polar surface area (TPSA) is 142 Å². The van der Waals surface area contributed by atoms with E-state index >= 15 is 0 Å². The van der Waals surface area contributed by atoms with Gasteiger partial charge in [-0.1, -0.05) is 12.1 Å². The number of primary sulfonamides is 1. The van der Waals surface area contributed by atoms with Crippen LogP contribution in [0.25, 0.3) is 5.82 Å². The first-order valence-corrected chi connectivity index (χ1v) is 10.2. The lowest BCUT2D eigenvalue weighted by Gasteiger charge is -2.09. The van der Waals surface area contributed by atoms with E-state index in [9.17, 15) is 13.2 Å². The molecule has 0 aliphatic heterocycles. The van der Waals surface area contributed by atoms with Crippen molar-refractivity contribution in [3.8, 4) is 11.7 Å². The predicted octanol–water partition coefficient (Wildman–Crippen LogP) is 0.356. The molecule has 0 aliphatic carbocycles. The Bertz CT molecular complexity index is 1080. The molecule has 0 atom stereocenters. The summed E-state index contributed by atoms with van der Waals surface area (Å²) in [5.74, 6) is 1.01. The summed E-state index contributed by atoms with van der Waals surface area (Å²) >= 11 is 0. The zero-order chi connectivity index (χ0) is 20.9. The summed E-state index contributed by atoms with van der Waals surface area (Å²) in [6.45, 7) is 1.90. The van der Waals surface area contributed by atoms with Crippen molar-refractivity contribution < 1.29 is 17.9 Å². The van der Waals surface area contributed by atoms with E-state index in [4.69, 9.17) is 9.88 Å². The number of benzene rings is 1. The Hall–Kier alpha value is -3.31. The maximum absolute atomic E-state index is 12.0. The fraction of sp³-hybridized carbons (Fsp3) is 0.222. The molecular formula is C18H20N6O4S. The van der Waals surface area contributed by atoms with Gasteiger partial charge in [0.25, 0.3) is 5.91 Å². The molecule has 29 heavy (non-hydrogen) atoms. The summed E-state index contributed by atoms with van der Waals surface area (Å²) in [4.78, 5) is 20.5. The number of rotatable bonds is 8. The quantitative estimate of drug-likeness (QED) is 0.540. The normalized spacial score (nSPS) is 11.2. The highest BCUT2D eigenvalue weighted by atomic mass is 32.2. The maximum Gasteiger partial charge on any atom is 0.258 e. The van der Waals surface area contributed by atoms with E-state index in [0.717, 1.165) is 5.56 Å². The molecule has 0 saturated carbocycles. The molecule has 152 valence electrons. The Labute approximate surface area is 167 Å². The average molecular weight is 416 g/mol. The Balaban J connectivity index is 1.48. The lowest BCUT2D eigenvalue weighted by molar-refractivity contribution is -0.123. The molecule has 0 aliphatic rings. The molecule has 0 radical (unpaired) electrons. The SMILES string of the molecule is Cc1nc(OCC(=O)NCCc2ccc(S(N)(=O)=O)cc2)cc(-n2cccn2)n1. The molecule has 11 heteroatoms. The minimum absolute atomic E-state index is 0.0494. The number of aryl methyl sites for hydroxylation is 1. The number of amides is 1. The van der Waals surface area contributed by atoms with Crippen LogP contribution in [0.5, 0.6) is 5.88 Å². The van der Waals surface area contributed by atoms with Crippen LogP contribution in [0.15, 0.2) is 53.7 Å². The van der Waals surface area contributed by atoms with Crippen LogP contribution in [0.4, 0.5) is 0 Å². The summed E-state index contributed by atoms with van der Waals surface area (Å²) < 4.78 is 29.5. The van der Waals surface area contributed by atoms with E-state index in [2.05, 4.69) is 20.4 Å². The van der Waals surface area contributed by atoms with Gasteiger partial charge >= 0.3 is 0 Å². The van der Waals surface area contributed by atoms with Crippen molar-refractivity contribution in [1.82, 2.24) is 25.1 Å². The fourth-order valence-corrected chi connectivity index (χ4v) is 3.02. The number of aromatic nitrogens is 4. The van der Waals surface area contributed by atoms with Gasteiger partial charge in [0.2, 0.25) is 15.9 Å². The second kappa shape index (κ2) is 8.80. The molecule has 0 bridgehead atoms. The highest BCUT2D eigenvalue weighted by Gasteiger charge is 2.09. The second-order valence-corrected chi connectivity index (χ2v) is 7.70. The summed E-state index contributed by atoms with van der Waals surface area (Å²) in [7, 11) is -3.71. The number of hydrogen-bond donors (Lipinski definition) is 2. The second-order valence-electron chi connectivity index (χ2n) is 6.14. The molecule has 1 amide bonds. The summed E-state index contributed by atoms with van der Waals surface area (Å²) in [6.07, 6.45) is 3.91. The van der Waals surface area contributed by atoms with Gasteiger partial charge in [-0.3, -0.25) is 4.79 Å². The van der Waals surface area contributed by atoms with E-state index in [1.807, 2.05) is 0 Å². The zero-order valence-corrected chi connectivity index (χ0v) is 16.5. The van der Waals surface area contributed by atoms with Gasteiger partial charge in [0.1, 0.15) is 5.82 Å². The molecule has 2 aromatic heterocycles. The Morgan fingerprint density at radius 2 is 2.00 bits per heavy atom. The number of ether oxygens (including phenoxy) is 1. The van der Waals surface area contributed by atoms with E-state index < -0.39 is 10.0 Å². The number of nitrogens with zero attached hydrogens (tertiary/aromatic N) is 4. The summed E-state index contributed by atoms with van der Waals surface area (Å²) in [5.41, 5.74) is 0.869. The number of nitrogens with one attached hydrogen (secondary N) is 1. The largest absolute Gasteiger partial charge is 0.467 e. The van der Waals surface area contributed by atoms with Crippen LogP contribution in [-0.2, 0) is 21.2 Å². The average Bonchev–Trinajstić information content (AvgIpc) is 3.21.